The summed E-state index contributed by atoms with van der Waals surface area (Å²) in [7, 11) is 2.97. The number of fused-ring (bicyclic) bond motifs is 4. The minimum atomic E-state index is -1.55. The number of methoxy groups -OCH3 is 2. The van der Waals surface area contributed by atoms with E-state index in [2.05, 4.69) is 21.4 Å². The molecule has 4 aliphatic rings. The third-order valence-corrected chi connectivity index (χ3v) is 12.0. The molecule has 4 amide bonds. The Balaban J connectivity index is 1.49. The molecule has 10 nitrogen and oxygen atoms in total. The van der Waals surface area contributed by atoms with Gasteiger partial charge in [0.25, 0.3) is 11.8 Å². The molecule has 2 aliphatic heterocycles. The summed E-state index contributed by atoms with van der Waals surface area (Å²) < 4.78 is 11.4. The minimum Gasteiger partial charge on any atom is -0.503 e. The zero-order valence-corrected chi connectivity index (χ0v) is 31.6. The third kappa shape index (κ3) is 5.25. The number of aromatic hydroxyl groups is 1. The number of phenolic OH excluding ortho intramolecular Hbond substituents is 1. The molecular weight excluding hydrogens is 761 g/mol. The Bertz CT molecular complexity index is 2030. The molecule has 3 aromatic carbocycles. The Labute approximate surface area is 313 Å². The second kappa shape index (κ2) is 12.6. The number of rotatable bonds is 6. The van der Waals surface area contributed by atoms with Gasteiger partial charge in [0.15, 0.2) is 11.5 Å². The number of hydrazine groups is 1. The molecule has 0 radical (unpaired) electrons. The average Bonchev–Trinajstić information content (AvgIpc) is 3.48. The summed E-state index contributed by atoms with van der Waals surface area (Å²) in [6.07, 6.45) is 2.39. The van der Waals surface area contributed by atoms with Gasteiger partial charge in [0, 0.05) is 16.5 Å². The summed E-state index contributed by atoms with van der Waals surface area (Å²) >= 11 is 16.2. The first-order valence-corrected chi connectivity index (χ1v) is 18.1. The van der Waals surface area contributed by atoms with Crippen LogP contribution in [0.25, 0.3) is 0 Å². The molecule has 2 N–H and O–H groups in total. The molecule has 7 rings (SSSR count). The summed E-state index contributed by atoms with van der Waals surface area (Å²) in [5, 5.41) is 12.5. The van der Waals surface area contributed by atoms with Gasteiger partial charge in [-0.3, -0.25) is 29.5 Å². The number of nitrogens with one attached hydrogen (secondary N) is 1. The SMILES string of the molecule is COc1ccc(C23C(=O)N(Nc4ccc(Cl)cc4Cl)C(=O)C2CC2C(=CCC4C(=O)N(C(C)(C)C)C(=O)C42)C3c2cc(Br)c(O)c(OC)c2)cc1. The molecule has 1 saturated carbocycles. The van der Waals surface area contributed by atoms with Gasteiger partial charge in [-0.05, 0) is 109 Å². The van der Waals surface area contributed by atoms with Crippen LogP contribution in [-0.4, -0.2) is 58.4 Å². The standard InChI is InChI=1S/C38H36BrCl2N3O7/c1-37(2,3)43-33(46)23-12-11-22-24(30(23)35(43)48)17-25-34(47)44(42-28-13-8-20(40)16-27(28)41)36(49)38(25,19-6-9-21(50-4)10-7-19)31(22)18-14-26(39)32(45)29(15-18)51-5/h6-11,13-16,23-25,30-31,42,45H,12,17H2,1-5H3. The molecule has 2 saturated heterocycles. The number of phenols is 1. The van der Waals surface area contributed by atoms with Crippen LogP contribution in [0.4, 0.5) is 5.69 Å². The molecule has 2 heterocycles. The molecule has 266 valence electrons. The van der Waals surface area contributed by atoms with Crippen LogP contribution < -0.4 is 14.9 Å². The number of allylic oxidation sites excluding steroid dienone is 2. The highest BCUT2D eigenvalue weighted by atomic mass is 79.9. The normalized spacial score (nSPS) is 27.2. The lowest BCUT2D eigenvalue weighted by molar-refractivity contribution is -0.146. The molecule has 0 spiro atoms. The largest absolute Gasteiger partial charge is 0.503 e. The van der Waals surface area contributed by atoms with Crippen LogP contribution in [0.5, 0.6) is 17.2 Å². The van der Waals surface area contributed by atoms with Gasteiger partial charge < -0.3 is 14.6 Å². The van der Waals surface area contributed by atoms with Crippen LogP contribution in [0.15, 0.2) is 70.7 Å². The number of hydrogen-bond acceptors (Lipinski definition) is 8. The van der Waals surface area contributed by atoms with Crippen molar-refractivity contribution in [3.8, 4) is 17.2 Å². The van der Waals surface area contributed by atoms with Crippen LogP contribution in [-0.2, 0) is 24.6 Å². The maximum atomic E-state index is 15.4. The van der Waals surface area contributed by atoms with Crippen LogP contribution in [0, 0.1) is 23.7 Å². The number of carbonyl (C=O) groups is 4. The van der Waals surface area contributed by atoms with E-state index in [0.29, 0.717) is 32.1 Å². The predicted molar refractivity (Wildman–Crippen MR) is 195 cm³/mol. The average molecular weight is 798 g/mol. The van der Waals surface area contributed by atoms with E-state index in [-0.39, 0.29) is 41.2 Å². The number of anilines is 1. The molecular formula is C38H36BrCl2N3O7. The van der Waals surface area contributed by atoms with Crippen molar-refractivity contribution in [2.24, 2.45) is 23.7 Å². The fourth-order valence-corrected chi connectivity index (χ4v) is 9.71. The fraction of sp³-hybridized carbons (Fsp3) is 0.368. The third-order valence-electron chi connectivity index (χ3n) is 10.9. The Kier molecular flexibility index (Phi) is 8.71. The number of nitrogens with zero attached hydrogens (tertiary/aromatic N) is 2. The van der Waals surface area contributed by atoms with E-state index in [4.69, 9.17) is 32.7 Å². The molecule has 3 fully saturated rings. The molecule has 3 aromatic rings. The van der Waals surface area contributed by atoms with Gasteiger partial charge in [-0.25, -0.2) is 0 Å². The van der Waals surface area contributed by atoms with Crippen molar-refractivity contribution in [1.82, 2.24) is 9.91 Å². The minimum absolute atomic E-state index is 0.125. The quantitative estimate of drug-likeness (QED) is 0.197. The van der Waals surface area contributed by atoms with E-state index in [0.717, 1.165) is 10.6 Å². The number of amides is 4. The molecule has 2 aliphatic carbocycles. The van der Waals surface area contributed by atoms with E-state index in [9.17, 15) is 19.5 Å². The first kappa shape index (κ1) is 35.3. The van der Waals surface area contributed by atoms with Crippen LogP contribution in [0.3, 0.4) is 0 Å². The van der Waals surface area contributed by atoms with Crippen molar-refractivity contribution >= 4 is 68.4 Å². The predicted octanol–water partition coefficient (Wildman–Crippen LogP) is 7.26. The van der Waals surface area contributed by atoms with Gasteiger partial charge in [-0.2, -0.15) is 5.01 Å². The lowest BCUT2D eigenvalue weighted by Crippen LogP contribution is -2.53. The van der Waals surface area contributed by atoms with Gasteiger partial charge in [0.05, 0.1) is 52.6 Å². The lowest BCUT2D eigenvalue weighted by Gasteiger charge is -2.50. The number of benzene rings is 3. The highest BCUT2D eigenvalue weighted by Crippen LogP contribution is 2.65. The Morgan fingerprint density at radius 2 is 1.63 bits per heavy atom. The second-order valence-corrected chi connectivity index (χ2v) is 16.1. The van der Waals surface area contributed by atoms with Crippen molar-refractivity contribution in [3.05, 3.63) is 91.9 Å². The molecule has 6 atom stereocenters. The zero-order chi connectivity index (χ0) is 36.7. The number of carbonyl (C=O) groups excluding carboxylic acids is 4. The van der Waals surface area contributed by atoms with Crippen LogP contribution in [0.1, 0.15) is 50.7 Å². The summed E-state index contributed by atoms with van der Waals surface area (Å²) in [4.78, 5) is 59.8. The van der Waals surface area contributed by atoms with Gasteiger partial charge in [-0.15, -0.1) is 0 Å². The first-order chi connectivity index (χ1) is 24.1. The van der Waals surface area contributed by atoms with Crippen molar-refractivity contribution in [3.63, 3.8) is 0 Å². The van der Waals surface area contributed by atoms with E-state index in [1.54, 1.807) is 55.6 Å². The molecule has 0 bridgehead atoms. The number of halogens is 3. The highest BCUT2D eigenvalue weighted by molar-refractivity contribution is 9.10. The van der Waals surface area contributed by atoms with Gasteiger partial charge in [0.2, 0.25) is 11.8 Å². The van der Waals surface area contributed by atoms with Crippen LogP contribution in [0.2, 0.25) is 10.0 Å². The topological polar surface area (TPSA) is 125 Å². The first-order valence-electron chi connectivity index (χ1n) is 16.5. The lowest BCUT2D eigenvalue weighted by atomic mass is 9.49. The van der Waals surface area contributed by atoms with E-state index in [1.807, 2.05) is 26.8 Å². The monoisotopic (exact) mass is 795 g/mol. The van der Waals surface area contributed by atoms with Crippen molar-refractivity contribution < 1.29 is 33.8 Å². The van der Waals surface area contributed by atoms with E-state index >= 15 is 4.79 Å². The molecule has 13 heteroatoms. The van der Waals surface area contributed by atoms with Crippen molar-refractivity contribution in [2.45, 2.75) is 50.5 Å². The maximum Gasteiger partial charge on any atom is 0.260 e. The smallest absolute Gasteiger partial charge is 0.260 e. The van der Waals surface area contributed by atoms with E-state index in [1.165, 1.54) is 18.1 Å². The van der Waals surface area contributed by atoms with E-state index < -0.39 is 52.4 Å². The van der Waals surface area contributed by atoms with Gasteiger partial charge in [0.1, 0.15) is 5.75 Å². The molecule has 0 aromatic heterocycles. The Morgan fingerprint density at radius 1 is 0.922 bits per heavy atom. The summed E-state index contributed by atoms with van der Waals surface area (Å²) in [5.41, 5.74) is 2.88. The second-order valence-electron chi connectivity index (χ2n) is 14.4. The van der Waals surface area contributed by atoms with Crippen molar-refractivity contribution in [2.75, 3.05) is 19.6 Å². The van der Waals surface area contributed by atoms with Crippen LogP contribution >= 0.6 is 39.1 Å². The Hall–Kier alpha value is -4.06. The number of ether oxygens (including phenoxy) is 2. The Morgan fingerprint density at radius 3 is 2.25 bits per heavy atom. The fourth-order valence-electron chi connectivity index (χ4n) is 8.80. The maximum absolute atomic E-state index is 15.4. The summed E-state index contributed by atoms with van der Waals surface area (Å²) in [6.45, 7) is 5.49. The number of likely N-dealkylation sites (tertiary alicyclic amines) is 1. The van der Waals surface area contributed by atoms with Gasteiger partial charge in [-0.1, -0.05) is 47.0 Å². The summed E-state index contributed by atoms with van der Waals surface area (Å²) in [5.74, 6) is -4.70. The van der Waals surface area contributed by atoms with Gasteiger partial charge >= 0.3 is 0 Å². The number of hydrogen-bond donors (Lipinski definition) is 2. The molecule has 6 unspecified atom stereocenters. The molecule has 51 heavy (non-hydrogen) atoms. The highest BCUT2D eigenvalue weighted by Gasteiger charge is 2.70. The summed E-state index contributed by atoms with van der Waals surface area (Å²) in [6, 6.07) is 15.1. The number of imide groups is 2. The van der Waals surface area contributed by atoms with Crippen molar-refractivity contribution in [1.29, 1.82) is 0 Å². The zero-order valence-electron chi connectivity index (χ0n) is 28.5.